The smallest absolute Gasteiger partial charge is 0.236 e. The van der Waals surface area contributed by atoms with E-state index >= 15 is 0 Å². The number of para-hydroxylation sites is 1. The lowest BCUT2D eigenvalue weighted by molar-refractivity contribution is 0.591. The molecule has 1 aromatic heterocycles. The summed E-state index contributed by atoms with van der Waals surface area (Å²) in [5, 5.41) is 0.792. The Morgan fingerprint density at radius 3 is 2.36 bits per heavy atom. The van der Waals surface area contributed by atoms with Crippen LogP contribution >= 0.6 is 0 Å². The van der Waals surface area contributed by atoms with Gasteiger partial charge in [0.25, 0.3) is 0 Å². The van der Waals surface area contributed by atoms with E-state index in [2.05, 4.69) is 0 Å². The van der Waals surface area contributed by atoms with E-state index < -0.39 is 16.1 Å². The van der Waals surface area contributed by atoms with Gasteiger partial charge in [0.05, 0.1) is 23.5 Å². The number of hydrogen-bond donors (Lipinski definition) is 1. The molecule has 0 aliphatic heterocycles. The second-order valence-electron chi connectivity index (χ2n) is 5.18. The third kappa shape index (κ3) is 2.51. The Kier molecular flexibility index (Phi) is 3.50. The van der Waals surface area contributed by atoms with Crippen LogP contribution in [0.15, 0.2) is 54.6 Å². The van der Waals surface area contributed by atoms with Gasteiger partial charge in [0.1, 0.15) is 5.82 Å². The monoisotopic (exact) mass is 318 g/mol. The Balaban J connectivity index is 2.24. The van der Waals surface area contributed by atoms with Gasteiger partial charge in [-0.2, -0.15) is 0 Å². The summed E-state index contributed by atoms with van der Waals surface area (Å²) in [7, 11) is -3.52. The van der Waals surface area contributed by atoms with Crippen molar-refractivity contribution in [3.8, 4) is 0 Å². The zero-order valence-electron chi connectivity index (χ0n) is 11.9. The van der Waals surface area contributed by atoms with E-state index in [1.165, 1.54) is 16.1 Å². The molecule has 0 aliphatic carbocycles. The molecule has 3 rings (SSSR count). The Morgan fingerprint density at radius 1 is 1.09 bits per heavy atom. The maximum absolute atomic E-state index is 13.0. The van der Waals surface area contributed by atoms with Crippen molar-refractivity contribution < 1.29 is 12.8 Å². The second kappa shape index (κ2) is 5.23. The third-order valence-corrected chi connectivity index (χ3v) is 4.64. The van der Waals surface area contributed by atoms with E-state index in [1.807, 2.05) is 12.1 Å². The number of aromatic nitrogens is 1. The minimum Gasteiger partial charge on any atom is -0.319 e. The quantitative estimate of drug-likeness (QED) is 0.807. The normalized spacial score (nSPS) is 13.4. The molecule has 1 atom stereocenters. The molecule has 1 heterocycles. The molecule has 0 saturated carbocycles. The molecule has 0 spiro atoms. The van der Waals surface area contributed by atoms with Crippen molar-refractivity contribution in [2.75, 3.05) is 6.26 Å². The van der Waals surface area contributed by atoms with Crippen molar-refractivity contribution in [2.24, 2.45) is 5.73 Å². The summed E-state index contributed by atoms with van der Waals surface area (Å²) in [5.41, 5.74) is 7.90. The maximum Gasteiger partial charge on any atom is 0.236 e. The van der Waals surface area contributed by atoms with E-state index in [1.54, 1.807) is 30.3 Å². The largest absolute Gasteiger partial charge is 0.319 e. The number of fused-ring (bicyclic) bond motifs is 1. The standard InChI is InChI=1S/C16H15FN2O2S/c1-22(20,21)19-14-5-3-2-4-12(14)10-15(19)16(18)11-6-8-13(17)9-7-11/h2-10,16H,18H2,1H3/t16-/m1/s1. The molecular weight excluding hydrogens is 303 g/mol. The van der Waals surface area contributed by atoms with Gasteiger partial charge in [-0.1, -0.05) is 30.3 Å². The van der Waals surface area contributed by atoms with Crippen molar-refractivity contribution in [3.63, 3.8) is 0 Å². The molecule has 4 nitrogen and oxygen atoms in total. The lowest BCUT2D eigenvalue weighted by Gasteiger charge is -2.15. The Morgan fingerprint density at radius 2 is 1.73 bits per heavy atom. The van der Waals surface area contributed by atoms with Crippen molar-refractivity contribution in [1.29, 1.82) is 0 Å². The third-order valence-electron chi connectivity index (χ3n) is 3.57. The molecule has 0 bridgehead atoms. The molecule has 0 fully saturated rings. The van der Waals surface area contributed by atoms with Crippen molar-refractivity contribution in [1.82, 2.24) is 3.97 Å². The van der Waals surface area contributed by atoms with Crippen LogP contribution in [-0.2, 0) is 10.0 Å². The molecule has 0 aliphatic rings. The molecule has 2 aromatic carbocycles. The maximum atomic E-state index is 13.0. The van der Waals surface area contributed by atoms with E-state index in [-0.39, 0.29) is 5.82 Å². The molecule has 0 saturated heterocycles. The van der Waals surface area contributed by atoms with Gasteiger partial charge < -0.3 is 5.73 Å². The lowest BCUT2D eigenvalue weighted by atomic mass is 10.0. The summed E-state index contributed by atoms with van der Waals surface area (Å²) >= 11 is 0. The van der Waals surface area contributed by atoms with Crippen LogP contribution in [0.3, 0.4) is 0 Å². The number of halogens is 1. The van der Waals surface area contributed by atoms with Crippen LogP contribution in [0.25, 0.3) is 10.9 Å². The number of benzene rings is 2. The van der Waals surface area contributed by atoms with Crippen molar-refractivity contribution in [3.05, 3.63) is 71.7 Å². The molecule has 2 N–H and O–H groups in total. The Labute approximate surface area is 128 Å². The zero-order valence-corrected chi connectivity index (χ0v) is 12.7. The van der Waals surface area contributed by atoms with E-state index in [4.69, 9.17) is 5.73 Å². The van der Waals surface area contributed by atoms with E-state index in [9.17, 15) is 12.8 Å². The summed E-state index contributed by atoms with van der Waals surface area (Å²) in [6.07, 6.45) is 1.14. The highest BCUT2D eigenvalue weighted by Gasteiger charge is 2.21. The van der Waals surface area contributed by atoms with Crippen LogP contribution < -0.4 is 5.73 Å². The van der Waals surface area contributed by atoms with Gasteiger partial charge >= 0.3 is 0 Å². The van der Waals surface area contributed by atoms with Crippen molar-refractivity contribution in [2.45, 2.75) is 6.04 Å². The fourth-order valence-corrected chi connectivity index (χ4v) is 3.65. The van der Waals surface area contributed by atoms with Gasteiger partial charge in [-0.15, -0.1) is 0 Å². The van der Waals surface area contributed by atoms with Gasteiger partial charge in [0, 0.05) is 5.39 Å². The predicted octanol–water partition coefficient (Wildman–Crippen LogP) is 2.64. The first-order valence-electron chi connectivity index (χ1n) is 6.70. The van der Waals surface area contributed by atoms with Crippen LogP contribution in [0.2, 0.25) is 0 Å². The molecule has 6 heteroatoms. The van der Waals surface area contributed by atoms with Crippen LogP contribution in [-0.4, -0.2) is 18.6 Å². The molecule has 0 radical (unpaired) electrons. The summed E-state index contributed by atoms with van der Waals surface area (Å²) in [6.45, 7) is 0. The van der Waals surface area contributed by atoms with Crippen LogP contribution in [0, 0.1) is 5.82 Å². The number of rotatable bonds is 3. The molecule has 3 aromatic rings. The van der Waals surface area contributed by atoms with Crippen LogP contribution in [0.5, 0.6) is 0 Å². The minimum absolute atomic E-state index is 0.361. The average Bonchev–Trinajstić information content (AvgIpc) is 2.86. The molecule has 114 valence electrons. The summed E-state index contributed by atoms with van der Waals surface area (Å²) < 4.78 is 38.6. The fraction of sp³-hybridized carbons (Fsp3) is 0.125. The van der Waals surface area contributed by atoms with Gasteiger partial charge in [0.2, 0.25) is 10.0 Å². The molecule has 0 unspecified atom stereocenters. The van der Waals surface area contributed by atoms with E-state index in [0.29, 0.717) is 16.8 Å². The zero-order chi connectivity index (χ0) is 15.9. The van der Waals surface area contributed by atoms with Gasteiger partial charge in [-0.25, -0.2) is 16.8 Å². The number of nitrogens with two attached hydrogens (primary N) is 1. The van der Waals surface area contributed by atoms with Gasteiger partial charge in [-0.3, -0.25) is 0 Å². The summed E-state index contributed by atoms with van der Waals surface area (Å²) in [5.74, 6) is -0.361. The molecular formula is C16H15FN2O2S. The predicted molar refractivity (Wildman–Crippen MR) is 84.6 cm³/mol. The first-order chi connectivity index (χ1) is 10.4. The second-order valence-corrected chi connectivity index (χ2v) is 7.02. The average molecular weight is 318 g/mol. The summed E-state index contributed by atoms with van der Waals surface area (Å²) in [6, 6.07) is 14.0. The minimum atomic E-state index is -3.52. The molecule has 0 amide bonds. The topological polar surface area (TPSA) is 65.1 Å². The highest BCUT2D eigenvalue weighted by atomic mass is 32.2. The Bertz CT molecular complexity index is 930. The first kappa shape index (κ1) is 14.7. The first-order valence-corrected chi connectivity index (χ1v) is 8.55. The highest BCUT2D eigenvalue weighted by molar-refractivity contribution is 7.89. The van der Waals surface area contributed by atoms with E-state index in [0.717, 1.165) is 11.6 Å². The highest BCUT2D eigenvalue weighted by Crippen LogP contribution is 2.28. The fourth-order valence-electron chi connectivity index (χ4n) is 2.58. The van der Waals surface area contributed by atoms with Gasteiger partial charge in [-0.05, 0) is 29.8 Å². The lowest BCUT2D eigenvalue weighted by Crippen LogP contribution is -2.21. The van der Waals surface area contributed by atoms with Crippen LogP contribution in [0.4, 0.5) is 4.39 Å². The SMILES string of the molecule is CS(=O)(=O)n1c([C@H](N)c2ccc(F)cc2)cc2ccccc21. The number of nitrogens with zero attached hydrogens (tertiary/aromatic N) is 1. The van der Waals surface area contributed by atoms with Gasteiger partial charge in [0.15, 0.2) is 0 Å². The van der Waals surface area contributed by atoms with Crippen molar-refractivity contribution >= 4 is 20.9 Å². The summed E-state index contributed by atoms with van der Waals surface area (Å²) in [4.78, 5) is 0. The molecule has 22 heavy (non-hydrogen) atoms. The Hall–Kier alpha value is -2.18. The van der Waals surface area contributed by atoms with Crippen LogP contribution in [0.1, 0.15) is 17.3 Å². The number of hydrogen-bond acceptors (Lipinski definition) is 3.